The second-order valence-electron chi connectivity index (χ2n) is 4.65. The molecule has 4 heteroatoms. The van der Waals surface area contributed by atoms with E-state index in [0.717, 1.165) is 34.7 Å². The Morgan fingerprint density at radius 2 is 2.17 bits per heavy atom. The topological polar surface area (TPSA) is 15.3 Å². The number of benzene rings is 1. The fourth-order valence-corrected chi connectivity index (χ4v) is 2.42. The van der Waals surface area contributed by atoms with Gasteiger partial charge in [0.2, 0.25) is 0 Å². The Bertz CT molecular complexity index is 371. The van der Waals surface area contributed by atoms with Gasteiger partial charge in [0.25, 0.3) is 0 Å². The van der Waals surface area contributed by atoms with Gasteiger partial charge in [-0.2, -0.15) is 0 Å². The fraction of sp³-hybridized carbons (Fsp3) is 0.571. The molecule has 2 nitrogen and oxygen atoms in total. The van der Waals surface area contributed by atoms with Gasteiger partial charge in [0.15, 0.2) is 0 Å². The predicted molar refractivity (Wildman–Crippen MR) is 83.2 cm³/mol. The predicted octanol–water partition coefficient (Wildman–Crippen LogP) is 3.92. The summed E-state index contributed by atoms with van der Waals surface area (Å²) in [6.45, 7) is 7.33. The first-order valence-electron chi connectivity index (χ1n) is 6.39. The number of rotatable bonds is 7. The van der Waals surface area contributed by atoms with Crippen LogP contribution in [0.2, 0.25) is 5.02 Å². The van der Waals surface area contributed by atoms with E-state index in [1.54, 1.807) is 0 Å². The van der Waals surface area contributed by atoms with Gasteiger partial charge in [0, 0.05) is 35.2 Å². The van der Waals surface area contributed by atoms with E-state index < -0.39 is 0 Å². The van der Waals surface area contributed by atoms with Crippen LogP contribution in [0.3, 0.4) is 0 Å². The van der Waals surface area contributed by atoms with Crippen LogP contribution in [0.15, 0.2) is 22.7 Å². The maximum atomic E-state index is 6.16. The Kier molecular flexibility index (Phi) is 7.23. The van der Waals surface area contributed by atoms with Crippen molar-refractivity contribution in [3.8, 4) is 0 Å². The van der Waals surface area contributed by atoms with Gasteiger partial charge in [-0.15, -0.1) is 0 Å². The van der Waals surface area contributed by atoms with Crippen molar-refractivity contribution < 1.29 is 0 Å². The minimum Gasteiger partial charge on any atom is -0.311 e. The second-order valence-corrected chi connectivity index (χ2v) is 5.97. The lowest BCUT2D eigenvalue weighted by molar-refractivity contribution is 0.252. The summed E-state index contributed by atoms with van der Waals surface area (Å²) >= 11 is 9.57. The molecule has 0 aromatic heterocycles. The number of hydrogen-bond acceptors (Lipinski definition) is 2. The van der Waals surface area contributed by atoms with E-state index in [4.69, 9.17) is 11.6 Å². The normalized spacial score (nSPS) is 13.0. The molecular formula is C14H22BrClN2. The molecule has 0 saturated heterocycles. The number of halogens is 2. The zero-order chi connectivity index (χ0) is 13.5. The lowest BCUT2D eigenvalue weighted by atomic mass is 10.2. The molecule has 0 spiro atoms. The fourth-order valence-electron chi connectivity index (χ4n) is 1.68. The molecule has 1 unspecified atom stereocenters. The summed E-state index contributed by atoms with van der Waals surface area (Å²) < 4.78 is 1.02. The van der Waals surface area contributed by atoms with E-state index in [0.29, 0.717) is 6.04 Å². The Balaban J connectivity index is 2.29. The lowest BCUT2D eigenvalue weighted by Gasteiger charge is -2.23. The first-order valence-corrected chi connectivity index (χ1v) is 7.56. The molecule has 0 amide bonds. The third-order valence-corrected chi connectivity index (χ3v) is 4.16. The van der Waals surface area contributed by atoms with E-state index >= 15 is 0 Å². The molecule has 0 saturated carbocycles. The number of likely N-dealkylation sites (N-methyl/N-ethyl adjacent to an activating group) is 1. The van der Waals surface area contributed by atoms with Crippen molar-refractivity contribution in [3.63, 3.8) is 0 Å². The molecule has 0 aliphatic heterocycles. The van der Waals surface area contributed by atoms with Gasteiger partial charge in [0.05, 0.1) is 0 Å². The molecule has 0 fully saturated rings. The SMILES string of the molecule is CCC(C)N(C)CCNCc1ccc(Br)cc1Cl. The third-order valence-electron chi connectivity index (χ3n) is 3.32. The highest BCUT2D eigenvalue weighted by atomic mass is 79.9. The van der Waals surface area contributed by atoms with Gasteiger partial charge < -0.3 is 10.2 Å². The minimum atomic E-state index is 0.642. The van der Waals surface area contributed by atoms with Crippen LogP contribution in [0.4, 0.5) is 0 Å². The van der Waals surface area contributed by atoms with Gasteiger partial charge in [-0.05, 0) is 38.1 Å². The molecule has 18 heavy (non-hydrogen) atoms. The molecule has 0 aliphatic rings. The van der Waals surface area contributed by atoms with Crippen molar-refractivity contribution in [2.24, 2.45) is 0 Å². The van der Waals surface area contributed by atoms with Gasteiger partial charge in [-0.1, -0.05) is 40.5 Å². The monoisotopic (exact) mass is 332 g/mol. The van der Waals surface area contributed by atoms with E-state index in [2.05, 4.69) is 53.1 Å². The van der Waals surface area contributed by atoms with Crippen molar-refractivity contribution in [2.75, 3.05) is 20.1 Å². The average molecular weight is 334 g/mol. The molecule has 1 atom stereocenters. The number of nitrogens with one attached hydrogen (secondary N) is 1. The molecule has 1 N–H and O–H groups in total. The van der Waals surface area contributed by atoms with Crippen molar-refractivity contribution in [3.05, 3.63) is 33.3 Å². The van der Waals surface area contributed by atoms with Crippen LogP contribution >= 0.6 is 27.5 Å². The third kappa shape index (κ3) is 5.27. The van der Waals surface area contributed by atoms with Gasteiger partial charge in [0.1, 0.15) is 0 Å². The Hall–Kier alpha value is -0.0900. The van der Waals surface area contributed by atoms with Crippen LogP contribution in [-0.4, -0.2) is 31.1 Å². The summed E-state index contributed by atoms with van der Waals surface area (Å²) in [7, 11) is 2.17. The summed E-state index contributed by atoms with van der Waals surface area (Å²) in [5.41, 5.74) is 1.14. The molecular weight excluding hydrogens is 312 g/mol. The van der Waals surface area contributed by atoms with Crippen LogP contribution in [0, 0.1) is 0 Å². The molecule has 102 valence electrons. The highest BCUT2D eigenvalue weighted by molar-refractivity contribution is 9.10. The Morgan fingerprint density at radius 3 is 2.78 bits per heavy atom. The first kappa shape index (κ1) is 16.0. The van der Waals surface area contributed by atoms with Gasteiger partial charge in [-0.25, -0.2) is 0 Å². The summed E-state index contributed by atoms with van der Waals surface area (Å²) in [5.74, 6) is 0. The highest BCUT2D eigenvalue weighted by Gasteiger charge is 2.06. The van der Waals surface area contributed by atoms with Crippen LogP contribution in [0.1, 0.15) is 25.8 Å². The van der Waals surface area contributed by atoms with Gasteiger partial charge >= 0.3 is 0 Å². The van der Waals surface area contributed by atoms with Crippen LogP contribution < -0.4 is 5.32 Å². The molecule has 1 rings (SSSR count). The minimum absolute atomic E-state index is 0.642. The second kappa shape index (κ2) is 8.16. The molecule has 1 aromatic carbocycles. The smallest absolute Gasteiger partial charge is 0.0462 e. The maximum absolute atomic E-state index is 6.16. The summed E-state index contributed by atoms with van der Waals surface area (Å²) in [6, 6.07) is 6.65. The van der Waals surface area contributed by atoms with Crippen molar-refractivity contribution in [1.82, 2.24) is 10.2 Å². The van der Waals surface area contributed by atoms with Crippen LogP contribution in [0.5, 0.6) is 0 Å². The molecule has 0 heterocycles. The zero-order valence-electron chi connectivity index (χ0n) is 11.3. The van der Waals surface area contributed by atoms with E-state index in [1.165, 1.54) is 6.42 Å². The largest absolute Gasteiger partial charge is 0.311 e. The maximum Gasteiger partial charge on any atom is 0.0462 e. The summed E-state index contributed by atoms with van der Waals surface area (Å²) in [4.78, 5) is 2.37. The summed E-state index contributed by atoms with van der Waals surface area (Å²) in [6.07, 6.45) is 1.19. The summed E-state index contributed by atoms with van der Waals surface area (Å²) in [5, 5.41) is 4.24. The average Bonchev–Trinajstić information content (AvgIpc) is 2.35. The van der Waals surface area contributed by atoms with Crippen molar-refractivity contribution in [1.29, 1.82) is 0 Å². The molecule has 0 aliphatic carbocycles. The van der Waals surface area contributed by atoms with E-state index in [-0.39, 0.29) is 0 Å². The van der Waals surface area contributed by atoms with Crippen LogP contribution in [0.25, 0.3) is 0 Å². The van der Waals surface area contributed by atoms with E-state index in [9.17, 15) is 0 Å². The van der Waals surface area contributed by atoms with E-state index in [1.807, 2.05) is 12.1 Å². The standard InChI is InChI=1S/C14H22BrClN2/c1-4-11(2)18(3)8-7-17-10-12-5-6-13(15)9-14(12)16/h5-6,9,11,17H,4,7-8,10H2,1-3H3. The number of hydrogen-bond donors (Lipinski definition) is 1. The molecule has 1 aromatic rings. The number of nitrogens with zero attached hydrogens (tertiary/aromatic N) is 1. The Labute approximate surface area is 124 Å². The zero-order valence-corrected chi connectivity index (χ0v) is 13.7. The molecule has 0 bridgehead atoms. The lowest BCUT2D eigenvalue weighted by Crippen LogP contribution is -2.34. The molecule has 0 radical (unpaired) electrons. The van der Waals surface area contributed by atoms with Crippen molar-refractivity contribution >= 4 is 27.5 Å². The first-order chi connectivity index (χ1) is 8.54. The van der Waals surface area contributed by atoms with Gasteiger partial charge in [-0.3, -0.25) is 0 Å². The quantitative estimate of drug-likeness (QED) is 0.761. The highest BCUT2D eigenvalue weighted by Crippen LogP contribution is 2.20. The van der Waals surface area contributed by atoms with Crippen LogP contribution in [-0.2, 0) is 6.54 Å². The Morgan fingerprint density at radius 1 is 1.44 bits per heavy atom. The van der Waals surface area contributed by atoms with Crippen molar-refractivity contribution in [2.45, 2.75) is 32.9 Å².